The van der Waals surface area contributed by atoms with Gasteiger partial charge in [-0.05, 0) is 51.6 Å². The third-order valence-electron chi connectivity index (χ3n) is 5.20. The summed E-state index contributed by atoms with van der Waals surface area (Å²) >= 11 is 0. The lowest BCUT2D eigenvalue weighted by molar-refractivity contribution is -0.133. The average Bonchev–Trinajstić information content (AvgIpc) is 2.72. The van der Waals surface area contributed by atoms with Crippen LogP contribution in [0.15, 0.2) is 30.5 Å². The lowest BCUT2D eigenvalue weighted by Crippen LogP contribution is -2.43. The van der Waals surface area contributed by atoms with Crippen LogP contribution in [0.3, 0.4) is 0 Å². The molecule has 1 aliphatic heterocycles. The minimum atomic E-state index is -0.311. The van der Waals surface area contributed by atoms with Crippen LogP contribution in [0.5, 0.6) is 0 Å². The van der Waals surface area contributed by atoms with Crippen LogP contribution in [0.1, 0.15) is 46.2 Å². The van der Waals surface area contributed by atoms with Gasteiger partial charge in [-0.3, -0.25) is 9.59 Å². The van der Waals surface area contributed by atoms with Crippen LogP contribution < -0.4 is 5.32 Å². The molecule has 2 amide bonds. The zero-order valence-corrected chi connectivity index (χ0v) is 17.7. The number of aryl methyl sites for hydroxylation is 1. The fourth-order valence-electron chi connectivity index (χ4n) is 3.57. The normalized spacial score (nSPS) is 16.6. The van der Waals surface area contributed by atoms with Crippen molar-refractivity contribution in [1.82, 2.24) is 25.1 Å². The predicted molar refractivity (Wildman–Crippen MR) is 111 cm³/mol. The topological polar surface area (TPSA) is 78.4 Å². The molecular formula is C22H28FN5O2. The number of piperidine rings is 1. The Morgan fingerprint density at radius 2 is 2.00 bits per heavy atom. The Morgan fingerprint density at radius 1 is 1.27 bits per heavy atom. The van der Waals surface area contributed by atoms with E-state index in [0.717, 1.165) is 24.9 Å². The van der Waals surface area contributed by atoms with Crippen molar-refractivity contribution in [2.24, 2.45) is 0 Å². The van der Waals surface area contributed by atoms with Crippen molar-refractivity contribution in [1.29, 1.82) is 0 Å². The molecule has 1 aliphatic rings. The van der Waals surface area contributed by atoms with Gasteiger partial charge < -0.3 is 15.1 Å². The van der Waals surface area contributed by atoms with E-state index in [-0.39, 0.29) is 23.5 Å². The maximum Gasteiger partial charge on any atom is 0.254 e. The Morgan fingerprint density at radius 3 is 2.67 bits per heavy atom. The lowest BCUT2D eigenvalue weighted by atomic mass is 9.96. The van der Waals surface area contributed by atoms with Gasteiger partial charge in [0.1, 0.15) is 11.6 Å². The number of nitrogens with one attached hydrogen (secondary N) is 1. The van der Waals surface area contributed by atoms with Gasteiger partial charge in [-0.25, -0.2) is 14.4 Å². The summed E-state index contributed by atoms with van der Waals surface area (Å²) in [6, 6.07) is 5.99. The molecule has 0 saturated carbocycles. The van der Waals surface area contributed by atoms with Gasteiger partial charge >= 0.3 is 0 Å². The van der Waals surface area contributed by atoms with Gasteiger partial charge in [0, 0.05) is 31.7 Å². The van der Waals surface area contributed by atoms with Crippen molar-refractivity contribution in [3.63, 3.8) is 0 Å². The third kappa shape index (κ3) is 5.60. The van der Waals surface area contributed by atoms with Crippen molar-refractivity contribution in [3.05, 3.63) is 58.9 Å². The first-order valence-corrected chi connectivity index (χ1v) is 10.1. The Bertz CT molecular complexity index is 901. The standard InChI is InChI=1S/C22H28FN5O2/c1-15-19(22(30)25-11-16-6-8-18(23)9-7-16)12-24-21(26-15)17-5-4-10-28(13-17)20(29)14-27(2)3/h6-9,12,17H,4-5,10-11,13-14H2,1-3H3,(H,25,30). The summed E-state index contributed by atoms with van der Waals surface area (Å²) in [5.74, 6) is 0.271. The number of rotatable bonds is 6. The molecule has 0 bridgehead atoms. The summed E-state index contributed by atoms with van der Waals surface area (Å²) in [5, 5.41) is 2.82. The van der Waals surface area contributed by atoms with Crippen LogP contribution in [0.4, 0.5) is 4.39 Å². The average molecular weight is 413 g/mol. The molecule has 1 saturated heterocycles. The predicted octanol–water partition coefficient (Wildman–Crippen LogP) is 2.12. The van der Waals surface area contributed by atoms with E-state index in [1.807, 2.05) is 23.9 Å². The van der Waals surface area contributed by atoms with E-state index in [1.54, 1.807) is 25.3 Å². The second-order valence-electron chi connectivity index (χ2n) is 7.95. The fraction of sp³-hybridized carbons (Fsp3) is 0.455. The molecule has 7 nitrogen and oxygen atoms in total. The minimum absolute atomic E-state index is 0.0693. The van der Waals surface area contributed by atoms with Crippen molar-refractivity contribution >= 4 is 11.8 Å². The van der Waals surface area contributed by atoms with Crippen molar-refractivity contribution in [2.75, 3.05) is 33.7 Å². The van der Waals surface area contributed by atoms with Gasteiger partial charge in [-0.2, -0.15) is 0 Å². The Kier molecular flexibility index (Phi) is 7.10. The van der Waals surface area contributed by atoms with Crippen molar-refractivity contribution in [3.8, 4) is 0 Å². The first-order chi connectivity index (χ1) is 14.3. The van der Waals surface area contributed by atoms with Gasteiger partial charge in [0.05, 0.1) is 17.8 Å². The van der Waals surface area contributed by atoms with Crippen LogP contribution in [-0.4, -0.2) is 65.3 Å². The smallest absolute Gasteiger partial charge is 0.254 e. The number of halogens is 1. The highest BCUT2D eigenvalue weighted by Crippen LogP contribution is 2.25. The zero-order chi connectivity index (χ0) is 21.7. The second kappa shape index (κ2) is 9.75. The van der Waals surface area contributed by atoms with Gasteiger partial charge in [-0.1, -0.05) is 12.1 Å². The van der Waals surface area contributed by atoms with E-state index in [4.69, 9.17) is 0 Å². The van der Waals surface area contributed by atoms with Crippen LogP contribution >= 0.6 is 0 Å². The number of hydrogen-bond donors (Lipinski definition) is 1. The quantitative estimate of drug-likeness (QED) is 0.785. The van der Waals surface area contributed by atoms with Crippen LogP contribution in [-0.2, 0) is 11.3 Å². The Hall–Kier alpha value is -2.87. The van der Waals surface area contributed by atoms with Gasteiger partial charge in [-0.15, -0.1) is 0 Å². The monoisotopic (exact) mass is 413 g/mol. The van der Waals surface area contributed by atoms with E-state index < -0.39 is 0 Å². The molecule has 1 unspecified atom stereocenters. The van der Waals surface area contributed by atoms with E-state index in [1.165, 1.54) is 12.1 Å². The lowest BCUT2D eigenvalue weighted by Gasteiger charge is -2.32. The number of likely N-dealkylation sites (N-methyl/N-ethyl adjacent to an activating group) is 1. The zero-order valence-electron chi connectivity index (χ0n) is 17.7. The number of carbonyl (C=O) groups excluding carboxylic acids is 2. The molecule has 1 N–H and O–H groups in total. The van der Waals surface area contributed by atoms with Crippen LogP contribution in [0.25, 0.3) is 0 Å². The molecule has 0 spiro atoms. The third-order valence-corrected chi connectivity index (χ3v) is 5.20. The van der Waals surface area contributed by atoms with Crippen molar-refractivity contribution in [2.45, 2.75) is 32.2 Å². The summed E-state index contributed by atoms with van der Waals surface area (Å²) in [6.45, 7) is 3.83. The minimum Gasteiger partial charge on any atom is -0.348 e. The molecule has 1 atom stereocenters. The highest BCUT2D eigenvalue weighted by Gasteiger charge is 2.27. The number of amides is 2. The molecule has 8 heteroatoms. The number of hydrogen-bond acceptors (Lipinski definition) is 5. The van der Waals surface area contributed by atoms with E-state index in [0.29, 0.717) is 36.7 Å². The summed E-state index contributed by atoms with van der Waals surface area (Å²) in [5.41, 5.74) is 1.83. The highest BCUT2D eigenvalue weighted by atomic mass is 19.1. The first kappa shape index (κ1) is 21.8. The van der Waals surface area contributed by atoms with E-state index >= 15 is 0 Å². The van der Waals surface area contributed by atoms with Crippen LogP contribution in [0.2, 0.25) is 0 Å². The first-order valence-electron chi connectivity index (χ1n) is 10.1. The molecule has 30 heavy (non-hydrogen) atoms. The Balaban J connectivity index is 1.63. The molecule has 2 aromatic rings. The number of aromatic nitrogens is 2. The summed E-state index contributed by atoms with van der Waals surface area (Å²) in [6.07, 6.45) is 3.38. The number of benzene rings is 1. The van der Waals surface area contributed by atoms with Gasteiger partial charge in [0.2, 0.25) is 5.91 Å². The molecular weight excluding hydrogens is 385 g/mol. The number of likely N-dealkylation sites (tertiary alicyclic amines) is 1. The molecule has 3 rings (SSSR count). The SMILES string of the molecule is Cc1nc(C2CCCN(C(=O)CN(C)C)C2)ncc1C(=O)NCc1ccc(F)cc1. The molecule has 1 aromatic carbocycles. The molecule has 1 fully saturated rings. The second-order valence-corrected chi connectivity index (χ2v) is 7.95. The summed E-state index contributed by atoms with van der Waals surface area (Å²) in [4.78, 5) is 37.6. The molecule has 1 aromatic heterocycles. The number of nitrogens with zero attached hydrogens (tertiary/aromatic N) is 4. The molecule has 0 radical (unpaired) electrons. The number of carbonyl (C=O) groups is 2. The fourth-order valence-corrected chi connectivity index (χ4v) is 3.57. The molecule has 2 heterocycles. The molecule has 160 valence electrons. The van der Waals surface area contributed by atoms with Gasteiger partial charge in [0.15, 0.2) is 0 Å². The Labute approximate surface area is 176 Å². The van der Waals surface area contributed by atoms with Crippen LogP contribution in [0, 0.1) is 12.7 Å². The summed E-state index contributed by atoms with van der Waals surface area (Å²) in [7, 11) is 3.76. The molecule has 0 aliphatic carbocycles. The largest absolute Gasteiger partial charge is 0.348 e. The van der Waals surface area contributed by atoms with E-state index in [9.17, 15) is 14.0 Å². The highest BCUT2D eigenvalue weighted by molar-refractivity contribution is 5.94. The van der Waals surface area contributed by atoms with Gasteiger partial charge in [0.25, 0.3) is 5.91 Å². The van der Waals surface area contributed by atoms with Crippen molar-refractivity contribution < 1.29 is 14.0 Å². The maximum absolute atomic E-state index is 13.0. The summed E-state index contributed by atoms with van der Waals surface area (Å²) < 4.78 is 13.0. The maximum atomic E-state index is 13.0. The van der Waals surface area contributed by atoms with E-state index in [2.05, 4.69) is 15.3 Å².